The highest BCUT2D eigenvalue weighted by atomic mass is 32.1. The lowest BCUT2D eigenvalue weighted by molar-refractivity contribution is 0.266. The van der Waals surface area contributed by atoms with Gasteiger partial charge in [0.25, 0.3) is 0 Å². The molecular weight excluding hydrogens is 202 g/mol. The van der Waals surface area contributed by atoms with Gasteiger partial charge in [-0.25, -0.2) is 0 Å². The molecule has 0 radical (unpaired) electrons. The molecule has 15 heavy (non-hydrogen) atoms. The lowest BCUT2D eigenvalue weighted by Gasteiger charge is -2.30. The molecule has 1 fully saturated rings. The molecule has 2 heteroatoms. The van der Waals surface area contributed by atoms with Crippen LogP contribution in [0.5, 0.6) is 0 Å². The van der Waals surface area contributed by atoms with Crippen LogP contribution in [0.4, 0.5) is 0 Å². The molecule has 1 aromatic heterocycles. The predicted molar refractivity (Wildman–Crippen MR) is 67.3 cm³/mol. The first-order valence-corrected chi connectivity index (χ1v) is 6.71. The van der Waals surface area contributed by atoms with Crippen LogP contribution in [0.15, 0.2) is 11.4 Å². The van der Waals surface area contributed by atoms with Crippen LogP contribution in [0.3, 0.4) is 0 Å². The second-order valence-corrected chi connectivity index (χ2v) is 6.65. The van der Waals surface area contributed by atoms with E-state index in [1.807, 2.05) is 11.3 Å². The number of hydrogen-bond acceptors (Lipinski definition) is 2. The largest absolute Gasteiger partial charge is 0.323 e. The number of nitrogens with two attached hydrogens (primary N) is 1. The number of thiophene rings is 1. The SMILES string of the molecule is CC(C)(C)c1csc(C(N)C2CCC2)c1. The Kier molecular flexibility index (Phi) is 2.91. The van der Waals surface area contributed by atoms with E-state index in [4.69, 9.17) is 5.73 Å². The minimum atomic E-state index is 0.258. The van der Waals surface area contributed by atoms with Crippen molar-refractivity contribution >= 4 is 11.3 Å². The molecule has 1 saturated carbocycles. The van der Waals surface area contributed by atoms with E-state index in [2.05, 4.69) is 32.2 Å². The van der Waals surface area contributed by atoms with Crippen molar-refractivity contribution in [1.82, 2.24) is 0 Å². The third-order valence-corrected chi connectivity index (χ3v) is 4.51. The normalized spacial score (nSPS) is 20.0. The van der Waals surface area contributed by atoms with Gasteiger partial charge in [-0.05, 0) is 41.2 Å². The molecule has 0 aliphatic heterocycles. The van der Waals surface area contributed by atoms with Gasteiger partial charge in [-0.15, -0.1) is 11.3 Å². The fraction of sp³-hybridized carbons (Fsp3) is 0.692. The molecule has 1 unspecified atom stereocenters. The van der Waals surface area contributed by atoms with Gasteiger partial charge in [0.15, 0.2) is 0 Å². The summed E-state index contributed by atoms with van der Waals surface area (Å²) < 4.78 is 0. The molecule has 1 aromatic rings. The van der Waals surface area contributed by atoms with Crippen LogP contribution in [0.1, 0.15) is 56.5 Å². The Morgan fingerprint density at radius 2 is 2.07 bits per heavy atom. The van der Waals surface area contributed by atoms with Crippen molar-refractivity contribution in [2.45, 2.75) is 51.5 Å². The molecular formula is C13H21NS. The predicted octanol–water partition coefficient (Wildman–Crippen LogP) is 3.85. The Morgan fingerprint density at radius 1 is 1.40 bits per heavy atom. The summed E-state index contributed by atoms with van der Waals surface area (Å²) in [5.41, 5.74) is 7.95. The summed E-state index contributed by atoms with van der Waals surface area (Å²) in [5.74, 6) is 0.747. The van der Waals surface area contributed by atoms with Gasteiger partial charge >= 0.3 is 0 Å². The highest BCUT2D eigenvalue weighted by molar-refractivity contribution is 7.10. The molecule has 1 aliphatic rings. The third kappa shape index (κ3) is 2.26. The molecule has 0 bridgehead atoms. The summed E-state index contributed by atoms with van der Waals surface area (Å²) in [5, 5.41) is 2.27. The van der Waals surface area contributed by atoms with Crippen molar-refractivity contribution in [3.05, 3.63) is 21.9 Å². The van der Waals surface area contributed by atoms with Crippen LogP contribution in [-0.4, -0.2) is 0 Å². The lowest BCUT2D eigenvalue weighted by atomic mass is 9.79. The van der Waals surface area contributed by atoms with Gasteiger partial charge in [0.05, 0.1) is 0 Å². The Balaban J connectivity index is 2.12. The van der Waals surface area contributed by atoms with Crippen LogP contribution < -0.4 is 5.73 Å². The van der Waals surface area contributed by atoms with Gasteiger partial charge < -0.3 is 5.73 Å². The maximum absolute atomic E-state index is 6.27. The zero-order valence-electron chi connectivity index (χ0n) is 9.92. The van der Waals surface area contributed by atoms with Crippen molar-refractivity contribution in [2.75, 3.05) is 0 Å². The summed E-state index contributed by atoms with van der Waals surface area (Å²) in [7, 11) is 0. The molecule has 84 valence electrons. The van der Waals surface area contributed by atoms with Crippen molar-refractivity contribution in [2.24, 2.45) is 11.7 Å². The summed E-state index contributed by atoms with van der Waals surface area (Å²) in [4.78, 5) is 1.38. The van der Waals surface area contributed by atoms with E-state index in [0.717, 1.165) is 5.92 Å². The van der Waals surface area contributed by atoms with E-state index in [9.17, 15) is 0 Å². The first-order chi connectivity index (χ1) is 6.98. The van der Waals surface area contributed by atoms with Gasteiger partial charge in [-0.2, -0.15) is 0 Å². The first kappa shape index (κ1) is 11.2. The third-order valence-electron chi connectivity index (χ3n) is 3.47. The fourth-order valence-electron chi connectivity index (χ4n) is 1.95. The summed E-state index contributed by atoms with van der Waals surface area (Å²) in [6.45, 7) is 6.77. The smallest absolute Gasteiger partial charge is 0.0418 e. The highest BCUT2D eigenvalue weighted by Gasteiger charge is 2.27. The van der Waals surface area contributed by atoms with Crippen LogP contribution >= 0.6 is 11.3 Å². The maximum Gasteiger partial charge on any atom is 0.0418 e. The Hall–Kier alpha value is -0.340. The first-order valence-electron chi connectivity index (χ1n) is 5.83. The average Bonchev–Trinajstić information content (AvgIpc) is 2.46. The van der Waals surface area contributed by atoms with Gasteiger partial charge in [0, 0.05) is 10.9 Å². The summed E-state index contributed by atoms with van der Waals surface area (Å²) in [6, 6.07) is 2.60. The zero-order chi connectivity index (χ0) is 11.1. The monoisotopic (exact) mass is 223 g/mol. The molecule has 0 amide bonds. The highest BCUT2D eigenvalue weighted by Crippen LogP contribution is 2.39. The van der Waals surface area contributed by atoms with Crippen LogP contribution in [0.2, 0.25) is 0 Å². The Labute approximate surface area is 96.7 Å². The molecule has 1 nitrogen and oxygen atoms in total. The number of rotatable bonds is 2. The van der Waals surface area contributed by atoms with Crippen LogP contribution in [-0.2, 0) is 5.41 Å². The van der Waals surface area contributed by atoms with Gasteiger partial charge in [0.2, 0.25) is 0 Å². The molecule has 2 rings (SSSR count). The van der Waals surface area contributed by atoms with E-state index in [1.54, 1.807) is 0 Å². The molecule has 0 spiro atoms. The second-order valence-electron chi connectivity index (χ2n) is 5.70. The van der Waals surface area contributed by atoms with Gasteiger partial charge in [-0.1, -0.05) is 27.2 Å². The fourth-order valence-corrected chi connectivity index (χ4v) is 3.18. The quantitative estimate of drug-likeness (QED) is 0.810. The van der Waals surface area contributed by atoms with E-state index in [1.165, 1.54) is 29.7 Å². The second kappa shape index (κ2) is 3.91. The molecule has 2 N–H and O–H groups in total. The minimum absolute atomic E-state index is 0.258. The molecule has 0 aromatic carbocycles. The van der Waals surface area contributed by atoms with Gasteiger partial charge in [0.1, 0.15) is 0 Å². The van der Waals surface area contributed by atoms with E-state index < -0.39 is 0 Å². The van der Waals surface area contributed by atoms with E-state index in [0.29, 0.717) is 6.04 Å². The summed E-state index contributed by atoms with van der Waals surface area (Å²) >= 11 is 1.84. The van der Waals surface area contributed by atoms with Gasteiger partial charge in [-0.3, -0.25) is 0 Å². The average molecular weight is 223 g/mol. The standard InChI is InChI=1S/C13H21NS/c1-13(2,3)10-7-11(15-8-10)12(14)9-5-4-6-9/h7-9,12H,4-6,14H2,1-3H3. The zero-order valence-corrected chi connectivity index (χ0v) is 10.7. The maximum atomic E-state index is 6.27. The van der Waals surface area contributed by atoms with Crippen LogP contribution in [0, 0.1) is 5.92 Å². The lowest BCUT2D eigenvalue weighted by Crippen LogP contribution is -2.26. The van der Waals surface area contributed by atoms with Crippen molar-refractivity contribution in [3.8, 4) is 0 Å². The Morgan fingerprint density at radius 3 is 2.47 bits per heavy atom. The van der Waals surface area contributed by atoms with Crippen molar-refractivity contribution < 1.29 is 0 Å². The summed E-state index contributed by atoms with van der Waals surface area (Å²) in [6.07, 6.45) is 4.02. The molecule has 1 heterocycles. The molecule has 0 saturated heterocycles. The van der Waals surface area contributed by atoms with E-state index in [-0.39, 0.29) is 5.41 Å². The molecule has 1 aliphatic carbocycles. The topological polar surface area (TPSA) is 26.0 Å². The minimum Gasteiger partial charge on any atom is -0.323 e. The van der Waals surface area contributed by atoms with E-state index >= 15 is 0 Å². The molecule has 1 atom stereocenters. The van der Waals surface area contributed by atoms with Crippen molar-refractivity contribution in [1.29, 1.82) is 0 Å². The number of hydrogen-bond donors (Lipinski definition) is 1. The van der Waals surface area contributed by atoms with Crippen LogP contribution in [0.25, 0.3) is 0 Å². The van der Waals surface area contributed by atoms with Crippen molar-refractivity contribution in [3.63, 3.8) is 0 Å². The Bertz CT molecular complexity index is 331.